The normalized spacial score (nSPS) is 13.2. The lowest BCUT2D eigenvalue weighted by atomic mass is 9.94. The molecule has 1 aliphatic heterocycles. The van der Waals surface area contributed by atoms with E-state index in [0.717, 1.165) is 6.07 Å². The maximum absolute atomic E-state index is 13.0. The lowest BCUT2D eigenvalue weighted by molar-refractivity contribution is -0.141. The van der Waals surface area contributed by atoms with Crippen LogP contribution >= 0.6 is 23.2 Å². The monoisotopic (exact) mass is 468 g/mol. The fraction of sp³-hybridized carbons (Fsp3) is 0.143. The second kappa shape index (κ2) is 7.62. The van der Waals surface area contributed by atoms with E-state index >= 15 is 0 Å². The third-order valence-corrected chi connectivity index (χ3v) is 5.30. The van der Waals surface area contributed by atoms with Crippen LogP contribution in [0.25, 0.3) is 0 Å². The van der Waals surface area contributed by atoms with Gasteiger partial charge in [-0.2, -0.15) is 13.2 Å². The van der Waals surface area contributed by atoms with Gasteiger partial charge < -0.3 is 15.0 Å². The number of fused-ring (bicyclic) bond motifs is 2. The highest BCUT2D eigenvalue weighted by molar-refractivity contribution is 6.31. The molecule has 2 N–H and O–H groups in total. The first-order valence-corrected chi connectivity index (χ1v) is 9.69. The number of aromatic nitrogens is 1. The number of carbonyl (C=O) groups excluding carboxylic acids is 1. The standard InChI is InChI=1S/C21H13Cl2F3N2O3/c1-9-6-16(21(24,25)26)27-19(29)17(9)20(30)28-18-12-4-2-10(22)7-14(12)31-15-8-11(23)3-5-13(15)18/h2-8,18H,1H3,(H,27,29)(H,28,30). The molecule has 3 aromatic rings. The van der Waals surface area contributed by atoms with E-state index in [1.54, 1.807) is 41.4 Å². The fourth-order valence-corrected chi connectivity index (χ4v) is 3.76. The first-order valence-electron chi connectivity index (χ1n) is 8.93. The summed E-state index contributed by atoms with van der Waals surface area (Å²) in [6, 6.07) is 9.64. The third kappa shape index (κ3) is 4.00. The second-order valence-electron chi connectivity index (χ2n) is 6.94. The van der Waals surface area contributed by atoms with Crippen molar-refractivity contribution in [1.29, 1.82) is 0 Å². The van der Waals surface area contributed by atoms with E-state index in [-0.39, 0.29) is 5.56 Å². The molecule has 0 radical (unpaired) electrons. The summed E-state index contributed by atoms with van der Waals surface area (Å²) in [6.45, 7) is 1.27. The van der Waals surface area contributed by atoms with Crippen LogP contribution in [0.1, 0.15) is 38.8 Å². The number of rotatable bonds is 2. The number of halogens is 5. The van der Waals surface area contributed by atoms with Crippen molar-refractivity contribution in [3.8, 4) is 11.5 Å². The van der Waals surface area contributed by atoms with Gasteiger partial charge in [0.15, 0.2) is 0 Å². The summed E-state index contributed by atoms with van der Waals surface area (Å²) >= 11 is 12.1. The molecule has 0 fully saturated rings. The number of benzene rings is 2. The van der Waals surface area contributed by atoms with Gasteiger partial charge in [0.05, 0.1) is 6.04 Å². The Morgan fingerprint density at radius 2 is 1.58 bits per heavy atom. The molecule has 0 atom stereocenters. The zero-order valence-electron chi connectivity index (χ0n) is 15.7. The highest BCUT2D eigenvalue weighted by Crippen LogP contribution is 2.44. The van der Waals surface area contributed by atoms with Crippen LogP contribution in [0, 0.1) is 6.92 Å². The Balaban J connectivity index is 1.77. The molecule has 0 bridgehead atoms. The zero-order valence-corrected chi connectivity index (χ0v) is 17.2. The van der Waals surface area contributed by atoms with Crippen molar-refractivity contribution in [3.05, 3.63) is 90.8 Å². The molecule has 0 aliphatic carbocycles. The number of amides is 1. The van der Waals surface area contributed by atoms with Crippen LogP contribution in [-0.2, 0) is 6.18 Å². The van der Waals surface area contributed by atoms with Crippen LogP contribution in [0.15, 0.2) is 47.3 Å². The Bertz CT molecular complexity index is 1220. The summed E-state index contributed by atoms with van der Waals surface area (Å²) in [5, 5.41) is 3.53. The first kappa shape index (κ1) is 21.3. The van der Waals surface area contributed by atoms with Gasteiger partial charge in [-0.25, -0.2) is 0 Å². The van der Waals surface area contributed by atoms with Gasteiger partial charge in [0.1, 0.15) is 22.8 Å². The van der Waals surface area contributed by atoms with Crippen LogP contribution in [-0.4, -0.2) is 10.9 Å². The molecule has 5 nitrogen and oxygen atoms in total. The SMILES string of the molecule is Cc1cc(C(F)(F)F)[nH]c(=O)c1C(=O)NC1c2ccc(Cl)cc2Oc2cc(Cl)ccc21. The highest BCUT2D eigenvalue weighted by Gasteiger charge is 2.34. The molecule has 0 unspecified atom stereocenters. The largest absolute Gasteiger partial charge is 0.456 e. The first-order chi connectivity index (χ1) is 14.5. The predicted octanol–water partition coefficient (Wildman–Crippen LogP) is 5.63. The van der Waals surface area contributed by atoms with Crippen molar-refractivity contribution in [2.75, 3.05) is 0 Å². The molecule has 0 saturated heterocycles. The van der Waals surface area contributed by atoms with E-state index < -0.39 is 34.9 Å². The minimum atomic E-state index is -4.74. The quantitative estimate of drug-likeness (QED) is 0.511. The lowest BCUT2D eigenvalue weighted by Gasteiger charge is -2.29. The fourth-order valence-electron chi connectivity index (χ4n) is 3.44. The smallest absolute Gasteiger partial charge is 0.431 e. The molecule has 1 amide bonds. The summed E-state index contributed by atoms with van der Waals surface area (Å²) in [5.41, 5.74) is -1.75. The number of alkyl halides is 3. The zero-order chi connectivity index (χ0) is 22.5. The van der Waals surface area contributed by atoms with Gasteiger partial charge in [-0.15, -0.1) is 0 Å². The van der Waals surface area contributed by atoms with Crippen LogP contribution < -0.4 is 15.6 Å². The number of ether oxygens (including phenoxy) is 1. The summed E-state index contributed by atoms with van der Waals surface area (Å²) in [6.07, 6.45) is -4.74. The lowest BCUT2D eigenvalue weighted by Crippen LogP contribution is -2.36. The molecule has 0 spiro atoms. The minimum Gasteiger partial charge on any atom is -0.456 e. The average Bonchev–Trinajstić information content (AvgIpc) is 2.66. The van der Waals surface area contributed by atoms with E-state index in [1.807, 2.05) is 0 Å². The van der Waals surface area contributed by atoms with E-state index in [2.05, 4.69) is 5.32 Å². The number of hydrogen-bond acceptors (Lipinski definition) is 3. The number of carbonyl (C=O) groups is 1. The van der Waals surface area contributed by atoms with Crippen molar-refractivity contribution in [1.82, 2.24) is 10.3 Å². The molecule has 0 saturated carbocycles. The number of hydrogen-bond donors (Lipinski definition) is 2. The maximum Gasteiger partial charge on any atom is 0.431 e. The third-order valence-electron chi connectivity index (χ3n) is 4.83. The Labute approximate surface area is 183 Å². The molecule has 2 heterocycles. The Hall–Kier alpha value is -2.97. The molecule has 1 aromatic heterocycles. The van der Waals surface area contributed by atoms with Gasteiger partial charge in [-0.05, 0) is 42.8 Å². The Morgan fingerprint density at radius 3 is 2.06 bits per heavy atom. The number of H-pyrrole nitrogens is 1. The molecule has 4 rings (SSSR count). The topological polar surface area (TPSA) is 71.2 Å². The van der Waals surface area contributed by atoms with Crippen molar-refractivity contribution in [2.45, 2.75) is 19.1 Å². The number of pyridine rings is 1. The number of aryl methyl sites for hydroxylation is 1. The predicted molar refractivity (Wildman–Crippen MR) is 109 cm³/mol. The summed E-state index contributed by atoms with van der Waals surface area (Å²) < 4.78 is 44.7. The Morgan fingerprint density at radius 1 is 1.03 bits per heavy atom. The van der Waals surface area contributed by atoms with Gasteiger partial charge in [0, 0.05) is 21.2 Å². The molecular formula is C21H13Cl2F3N2O3. The van der Waals surface area contributed by atoms with Crippen LogP contribution in [0.5, 0.6) is 11.5 Å². The maximum atomic E-state index is 13.0. The highest BCUT2D eigenvalue weighted by atomic mass is 35.5. The van der Waals surface area contributed by atoms with Gasteiger partial charge >= 0.3 is 6.18 Å². The molecule has 160 valence electrons. The van der Waals surface area contributed by atoms with Gasteiger partial charge in [0.25, 0.3) is 11.5 Å². The van der Waals surface area contributed by atoms with Crippen molar-refractivity contribution in [3.63, 3.8) is 0 Å². The van der Waals surface area contributed by atoms with E-state index in [0.29, 0.717) is 32.7 Å². The van der Waals surface area contributed by atoms with Crippen LogP contribution in [0.2, 0.25) is 10.0 Å². The van der Waals surface area contributed by atoms with Gasteiger partial charge in [-0.1, -0.05) is 35.3 Å². The van der Waals surface area contributed by atoms with Crippen molar-refractivity contribution >= 4 is 29.1 Å². The minimum absolute atomic E-state index is 0.103. The van der Waals surface area contributed by atoms with Crippen molar-refractivity contribution < 1.29 is 22.7 Å². The van der Waals surface area contributed by atoms with Crippen molar-refractivity contribution in [2.24, 2.45) is 0 Å². The summed E-state index contributed by atoms with van der Waals surface area (Å²) in [7, 11) is 0. The number of nitrogens with one attached hydrogen (secondary N) is 2. The molecule has 2 aromatic carbocycles. The molecule has 31 heavy (non-hydrogen) atoms. The molecule has 10 heteroatoms. The van der Waals surface area contributed by atoms with E-state index in [1.165, 1.54) is 6.92 Å². The number of aromatic amines is 1. The van der Waals surface area contributed by atoms with Crippen LogP contribution in [0.3, 0.4) is 0 Å². The molecule has 1 aliphatic rings. The van der Waals surface area contributed by atoms with Crippen LogP contribution in [0.4, 0.5) is 13.2 Å². The van der Waals surface area contributed by atoms with Gasteiger partial charge in [0.2, 0.25) is 0 Å². The Kier molecular flexibility index (Phi) is 5.23. The van der Waals surface area contributed by atoms with E-state index in [9.17, 15) is 22.8 Å². The molecular weight excluding hydrogens is 456 g/mol. The second-order valence-corrected chi connectivity index (χ2v) is 7.81. The average molecular weight is 469 g/mol. The summed E-state index contributed by atoms with van der Waals surface area (Å²) in [5.74, 6) is -0.0718. The van der Waals surface area contributed by atoms with E-state index in [4.69, 9.17) is 27.9 Å². The summed E-state index contributed by atoms with van der Waals surface area (Å²) in [4.78, 5) is 27.0. The van der Waals surface area contributed by atoms with Gasteiger partial charge in [-0.3, -0.25) is 9.59 Å².